The molecule has 184 valence electrons. The number of methoxy groups -OCH3 is 1. The summed E-state index contributed by atoms with van der Waals surface area (Å²) in [5, 5.41) is 5.22. The van der Waals surface area contributed by atoms with Gasteiger partial charge in [0.1, 0.15) is 11.7 Å². The van der Waals surface area contributed by atoms with Gasteiger partial charge in [-0.2, -0.15) is 0 Å². The Bertz CT molecular complexity index is 1180. The molecule has 4 rings (SSSR count). The molecule has 1 aromatic carbocycles. The highest BCUT2D eigenvalue weighted by Gasteiger charge is 2.49. The van der Waals surface area contributed by atoms with Gasteiger partial charge in [0.15, 0.2) is 5.78 Å². The molecular weight excluding hydrogens is 466 g/mol. The second-order valence-corrected chi connectivity index (χ2v) is 9.38. The molecule has 3 unspecified atom stereocenters. The lowest BCUT2D eigenvalue weighted by Gasteiger charge is -2.39. The van der Waals surface area contributed by atoms with Crippen molar-refractivity contribution in [1.82, 2.24) is 5.32 Å². The number of ether oxygens (including phenoxy) is 3. The summed E-state index contributed by atoms with van der Waals surface area (Å²) in [7, 11) is 1.59. The van der Waals surface area contributed by atoms with Crippen LogP contribution in [0.3, 0.4) is 0 Å². The number of ketones is 1. The molecule has 0 spiro atoms. The van der Waals surface area contributed by atoms with Crippen LogP contribution >= 0.6 is 11.3 Å². The number of rotatable bonds is 7. The first kappa shape index (κ1) is 24.7. The number of esters is 2. The number of hydrogen-bond donors (Lipinski definition) is 1. The second-order valence-electron chi connectivity index (χ2n) is 8.40. The van der Waals surface area contributed by atoms with E-state index < -0.39 is 29.7 Å². The predicted molar refractivity (Wildman–Crippen MR) is 132 cm³/mol. The Labute approximate surface area is 208 Å². The molecule has 35 heavy (non-hydrogen) atoms. The van der Waals surface area contributed by atoms with E-state index in [1.54, 1.807) is 21.0 Å². The van der Waals surface area contributed by atoms with Gasteiger partial charge in [-0.3, -0.25) is 9.59 Å². The average Bonchev–Trinajstić information content (AvgIpc) is 3.38. The number of allylic oxidation sites excluding steroid dienone is 3. The molecule has 1 N–H and O–H groups in total. The highest BCUT2D eigenvalue weighted by molar-refractivity contribution is 7.10. The zero-order valence-corrected chi connectivity index (χ0v) is 21.1. The molecule has 0 fully saturated rings. The fourth-order valence-electron chi connectivity index (χ4n) is 4.92. The number of thiophene rings is 1. The summed E-state index contributed by atoms with van der Waals surface area (Å²) >= 11 is 1.46. The minimum absolute atomic E-state index is 0.170. The maximum Gasteiger partial charge on any atom is 0.336 e. The molecule has 1 aliphatic heterocycles. The SMILES string of the molecule is CCOC(=O)C1=C(C)NC2=C(C(=O)C(C(=O)OCC)C(c3ccc(OC)cc3)C2)C1c1cccs1. The third-order valence-corrected chi connectivity index (χ3v) is 7.36. The van der Waals surface area contributed by atoms with Crippen molar-refractivity contribution in [2.75, 3.05) is 20.3 Å². The lowest BCUT2D eigenvalue weighted by atomic mass is 9.68. The smallest absolute Gasteiger partial charge is 0.336 e. The summed E-state index contributed by atoms with van der Waals surface area (Å²) in [4.78, 5) is 41.1. The van der Waals surface area contributed by atoms with E-state index in [0.29, 0.717) is 29.0 Å². The minimum atomic E-state index is -1.02. The van der Waals surface area contributed by atoms with Crippen LogP contribution in [0.5, 0.6) is 5.75 Å². The van der Waals surface area contributed by atoms with Gasteiger partial charge in [-0.15, -0.1) is 11.3 Å². The third-order valence-electron chi connectivity index (χ3n) is 6.43. The monoisotopic (exact) mass is 495 g/mol. The standard InChI is InChI=1S/C27H29NO6S/c1-5-33-26(30)21-15(3)28-19-14-18(16-9-11-17(32-4)12-10-16)22(27(31)34-6-2)25(29)23(19)24(21)20-8-7-13-35-20/h7-13,18,22,24,28H,5-6,14H2,1-4H3. The average molecular weight is 496 g/mol. The molecule has 0 saturated carbocycles. The van der Waals surface area contributed by atoms with E-state index in [1.807, 2.05) is 48.7 Å². The van der Waals surface area contributed by atoms with E-state index in [0.717, 1.165) is 16.1 Å². The predicted octanol–water partition coefficient (Wildman–Crippen LogP) is 4.47. The Morgan fingerprint density at radius 1 is 1.09 bits per heavy atom. The van der Waals surface area contributed by atoms with Crippen molar-refractivity contribution in [3.8, 4) is 5.75 Å². The summed E-state index contributed by atoms with van der Waals surface area (Å²) in [6, 6.07) is 11.2. The Morgan fingerprint density at radius 3 is 2.40 bits per heavy atom. The first-order valence-electron chi connectivity index (χ1n) is 11.7. The van der Waals surface area contributed by atoms with Crippen LogP contribution in [0.15, 0.2) is 64.3 Å². The molecular formula is C27H29NO6S. The van der Waals surface area contributed by atoms with E-state index in [-0.39, 0.29) is 19.0 Å². The number of Topliss-reactive ketones (excluding diaryl/α,β-unsaturated/α-hetero) is 1. The fourth-order valence-corrected chi connectivity index (χ4v) is 5.76. The van der Waals surface area contributed by atoms with Crippen LogP contribution in [0, 0.1) is 5.92 Å². The Morgan fingerprint density at radius 2 is 1.80 bits per heavy atom. The number of carbonyl (C=O) groups excluding carboxylic acids is 3. The van der Waals surface area contributed by atoms with Crippen LogP contribution in [0.2, 0.25) is 0 Å². The van der Waals surface area contributed by atoms with Crippen LogP contribution in [0.4, 0.5) is 0 Å². The number of carbonyl (C=O) groups is 3. The van der Waals surface area contributed by atoms with E-state index in [4.69, 9.17) is 14.2 Å². The summed E-state index contributed by atoms with van der Waals surface area (Å²) in [6.07, 6.45) is 0.423. The van der Waals surface area contributed by atoms with Crippen molar-refractivity contribution >= 4 is 29.1 Å². The van der Waals surface area contributed by atoms with Gasteiger partial charge in [0, 0.05) is 27.8 Å². The van der Waals surface area contributed by atoms with Crippen molar-refractivity contribution in [1.29, 1.82) is 0 Å². The zero-order chi connectivity index (χ0) is 25.1. The van der Waals surface area contributed by atoms with E-state index in [1.165, 1.54) is 11.3 Å². The second kappa shape index (κ2) is 10.5. The lowest BCUT2D eigenvalue weighted by Crippen LogP contribution is -2.43. The Hall–Kier alpha value is -3.39. The van der Waals surface area contributed by atoms with Crippen LogP contribution in [0.25, 0.3) is 0 Å². The molecule has 1 aromatic heterocycles. The van der Waals surface area contributed by atoms with Gasteiger partial charge in [0.25, 0.3) is 0 Å². The molecule has 2 aromatic rings. The zero-order valence-electron chi connectivity index (χ0n) is 20.3. The fraction of sp³-hybridized carbons (Fsp3) is 0.370. The van der Waals surface area contributed by atoms with Gasteiger partial charge in [-0.1, -0.05) is 18.2 Å². The number of hydrogen-bond acceptors (Lipinski definition) is 8. The first-order chi connectivity index (χ1) is 16.9. The number of benzene rings is 1. The van der Waals surface area contributed by atoms with Crippen molar-refractivity contribution in [3.63, 3.8) is 0 Å². The molecule has 8 heteroatoms. The molecule has 2 heterocycles. The first-order valence-corrected chi connectivity index (χ1v) is 12.5. The van der Waals surface area contributed by atoms with Gasteiger partial charge in [-0.05, 0) is 56.3 Å². The number of nitrogens with one attached hydrogen (secondary N) is 1. The van der Waals surface area contributed by atoms with Crippen molar-refractivity contribution < 1.29 is 28.6 Å². The van der Waals surface area contributed by atoms with Gasteiger partial charge >= 0.3 is 11.9 Å². The van der Waals surface area contributed by atoms with Crippen molar-refractivity contribution in [2.24, 2.45) is 5.92 Å². The molecule has 7 nitrogen and oxygen atoms in total. The molecule has 2 aliphatic rings. The lowest BCUT2D eigenvalue weighted by molar-refractivity contribution is -0.152. The van der Waals surface area contributed by atoms with Gasteiger partial charge in [0.05, 0.1) is 31.8 Å². The number of dihydropyridines is 1. The summed E-state index contributed by atoms with van der Waals surface area (Å²) < 4.78 is 16.0. The van der Waals surface area contributed by atoms with Crippen LogP contribution in [-0.4, -0.2) is 38.0 Å². The topological polar surface area (TPSA) is 90.9 Å². The molecule has 0 amide bonds. The van der Waals surface area contributed by atoms with E-state index in [2.05, 4.69) is 5.32 Å². The van der Waals surface area contributed by atoms with Gasteiger partial charge in [-0.25, -0.2) is 4.79 Å². The summed E-state index contributed by atoms with van der Waals surface area (Å²) in [5.74, 6) is -2.71. The molecule has 3 atom stereocenters. The van der Waals surface area contributed by atoms with Crippen LogP contribution in [0.1, 0.15) is 49.5 Å². The quantitative estimate of drug-likeness (QED) is 0.448. The normalized spacial score (nSPS) is 21.8. The van der Waals surface area contributed by atoms with Gasteiger partial charge in [0.2, 0.25) is 0 Å². The summed E-state index contributed by atoms with van der Waals surface area (Å²) in [6.45, 7) is 5.68. The van der Waals surface area contributed by atoms with E-state index >= 15 is 0 Å². The molecule has 0 bridgehead atoms. The Balaban J connectivity index is 1.85. The van der Waals surface area contributed by atoms with Gasteiger partial charge < -0.3 is 19.5 Å². The molecule has 1 aliphatic carbocycles. The molecule has 0 saturated heterocycles. The largest absolute Gasteiger partial charge is 0.497 e. The Kier molecular flexibility index (Phi) is 7.40. The maximum atomic E-state index is 14.1. The highest BCUT2D eigenvalue weighted by Crippen LogP contribution is 2.49. The molecule has 0 radical (unpaired) electrons. The maximum absolute atomic E-state index is 14.1. The third kappa shape index (κ3) is 4.62. The minimum Gasteiger partial charge on any atom is -0.497 e. The van der Waals surface area contributed by atoms with E-state index in [9.17, 15) is 14.4 Å². The summed E-state index contributed by atoms with van der Waals surface area (Å²) in [5.41, 5.74) is 3.05. The van der Waals surface area contributed by atoms with Crippen molar-refractivity contribution in [2.45, 2.75) is 39.0 Å². The van der Waals surface area contributed by atoms with Crippen molar-refractivity contribution in [3.05, 3.63) is 74.8 Å². The van der Waals surface area contributed by atoms with Crippen LogP contribution in [-0.2, 0) is 23.9 Å². The van der Waals surface area contributed by atoms with Crippen LogP contribution < -0.4 is 10.1 Å². The highest BCUT2D eigenvalue weighted by atomic mass is 32.1.